The number of carbonyl (C=O) groups is 1. The molecule has 0 aliphatic carbocycles. The van der Waals surface area contributed by atoms with Gasteiger partial charge >= 0.3 is 0 Å². The second kappa shape index (κ2) is 8.87. The molecule has 0 bridgehead atoms. The molecular formula is C25H32N2O4S. The Labute approximate surface area is 191 Å². The summed E-state index contributed by atoms with van der Waals surface area (Å²) >= 11 is 0. The third kappa shape index (κ3) is 4.16. The van der Waals surface area contributed by atoms with Crippen LogP contribution in [-0.2, 0) is 21.2 Å². The van der Waals surface area contributed by atoms with Gasteiger partial charge in [0.15, 0.2) is 0 Å². The molecule has 6 nitrogen and oxygen atoms in total. The van der Waals surface area contributed by atoms with Crippen LogP contribution in [-0.4, -0.2) is 45.4 Å². The summed E-state index contributed by atoms with van der Waals surface area (Å²) in [5.74, 6) is 0.754. The number of rotatable bonds is 4. The Morgan fingerprint density at radius 3 is 2.28 bits per heavy atom. The zero-order valence-corrected chi connectivity index (χ0v) is 20.2. The molecule has 1 fully saturated rings. The molecular weight excluding hydrogens is 424 g/mol. The number of ether oxygens (including phenoxy) is 1. The van der Waals surface area contributed by atoms with E-state index in [1.165, 1.54) is 0 Å². The molecule has 0 spiro atoms. The molecule has 2 aromatic rings. The molecule has 7 heteroatoms. The van der Waals surface area contributed by atoms with Crippen molar-refractivity contribution in [3.05, 3.63) is 52.6 Å². The lowest BCUT2D eigenvalue weighted by Gasteiger charge is -2.36. The van der Waals surface area contributed by atoms with Gasteiger partial charge in [-0.1, -0.05) is 17.7 Å². The first-order valence-corrected chi connectivity index (χ1v) is 12.7. The zero-order chi connectivity index (χ0) is 23.0. The highest BCUT2D eigenvalue weighted by Crippen LogP contribution is 2.34. The Balaban J connectivity index is 1.48. The highest BCUT2D eigenvalue weighted by Gasteiger charge is 2.36. The highest BCUT2D eigenvalue weighted by atomic mass is 32.2. The van der Waals surface area contributed by atoms with E-state index in [0.29, 0.717) is 37.4 Å². The number of aryl methyl sites for hydroxylation is 4. The Morgan fingerprint density at radius 1 is 1.00 bits per heavy atom. The lowest BCUT2D eigenvalue weighted by atomic mass is 9.94. The molecule has 2 aliphatic rings. The van der Waals surface area contributed by atoms with E-state index in [2.05, 4.69) is 0 Å². The first-order chi connectivity index (χ1) is 15.2. The van der Waals surface area contributed by atoms with Crippen molar-refractivity contribution in [3.63, 3.8) is 0 Å². The van der Waals surface area contributed by atoms with Gasteiger partial charge in [-0.2, -0.15) is 4.31 Å². The summed E-state index contributed by atoms with van der Waals surface area (Å²) in [6, 6.07) is 9.70. The fourth-order valence-electron chi connectivity index (χ4n) is 5.20. The fraction of sp³-hybridized carbons (Fsp3) is 0.480. The SMILES string of the molecule is COc1ccc2c(c1)CCCN2C(=O)C1CCN(S(=O)(=O)c2c(C)cc(C)cc2C)CC1. The normalized spacial score (nSPS) is 17.8. The molecule has 1 saturated heterocycles. The molecule has 32 heavy (non-hydrogen) atoms. The quantitative estimate of drug-likeness (QED) is 0.698. The summed E-state index contributed by atoms with van der Waals surface area (Å²) in [4.78, 5) is 15.7. The maximum atomic E-state index is 13.4. The molecule has 2 heterocycles. The Morgan fingerprint density at radius 2 is 1.66 bits per heavy atom. The number of hydrogen-bond donors (Lipinski definition) is 0. The minimum atomic E-state index is -3.58. The molecule has 0 aromatic heterocycles. The number of piperidine rings is 1. The molecule has 2 aliphatic heterocycles. The van der Waals surface area contributed by atoms with Gasteiger partial charge in [0.2, 0.25) is 15.9 Å². The maximum absolute atomic E-state index is 13.4. The molecule has 0 atom stereocenters. The van der Waals surface area contributed by atoms with Crippen molar-refractivity contribution in [2.45, 2.75) is 51.3 Å². The van der Waals surface area contributed by atoms with Crippen molar-refractivity contribution in [3.8, 4) is 5.75 Å². The molecule has 0 saturated carbocycles. The summed E-state index contributed by atoms with van der Waals surface area (Å²) in [5, 5.41) is 0. The third-order valence-corrected chi connectivity index (χ3v) is 8.88. The molecule has 0 N–H and O–H groups in total. The van der Waals surface area contributed by atoms with E-state index in [9.17, 15) is 13.2 Å². The van der Waals surface area contributed by atoms with Crippen molar-refractivity contribution >= 4 is 21.6 Å². The van der Waals surface area contributed by atoms with Gasteiger partial charge in [-0.3, -0.25) is 4.79 Å². The zero-order valence-electron chi connectivity index (χ0n) is 19.3. The van der Waals surface area contributed by atoms with E-state index in [1.54, 1.807) is 11.4 Å². The van der Waals surface area contributed by atoms with E-state index in [1.807, 2.05) is 56.0 Å². The van der Waals surface area contributed by atoms with E-state index in [4.69, 9.17) is 4.74 Å². The van der Waals surface area contributed by atoms with Crippen LogP contribution in [0.1, 0.15) is 41.5 Å². The van der Waals surface area contributed by atoms with Crippen molar-refractivity contribution in [2.24, 2.45) is 5.92 Å². The summed E-state index contributed by atoms with van der Waals surface area (Å²) in [6.07, 6.45) is 2.95. The van der Waals surface area contributed by atoms with Gasteiger partial charge in [0, 0.05) is 31.2 Å². The summed E-state index contributed by atoms with van der Waals surface area (Å²) in [7, 11) is -1.93. The fourth-order valence-corrected chi connectivity index (χ4v) is 7.08. The van der Waals surface area contributed by atoms with Gasteiger partial charge in [-0.05, 0) is 81.3 Å². The van der Waals surface area contributed by atoms with Crippen LogP contribution in [0.4, 0.5) is 5.69 Å². The van der Waals surface area contributed by atoms with Crippen LogP contribution in [0, 0.1) is 26.7 Å². The van der Waals surface area contributed by atoms with Crippen molar-refractivity contribution in [1.82, 2.24) is 4.31 Å². The van der Waals surface area contributed by atoms with Crippen LogP contribution in [0.15, 0.2) is 35.2 Å². The van der Waals surface area contributed by atoms with Gasteiger partial charge in [-0.25, -0.2) is 8.42 Å². The molecule has 2 aromatic carbocycles. The van der Waals surface area contributed by atoms with Gasteiger partial charge in [0.05, 0.1) is 12.0 Å². The molecule has 172 valence electrons. The van der Waals surface area contributed by atoms with Crippen molar-refractivity contribution in [2.75, 3.05) is 31.6 Å². The number of methoxy groups -OCH3 is 1. The van der Waals surface area contributed by atoms with Crippen molar-refractivity contribution in [1.29, 1.82) is 0 Å². The number of carbonyl (C=O) groups excluding carboxylic acids is 1. The molecule has 0 radical (unpaired) electrons. The van der Waals surface area contributed by atoms with Crippen molar-refractivity contribution < 1.29 is 17.9 Å². The van der Waals surface area contributed by atoms with Crippen LogP contribution >= 0.6 is 0 Å². The number of anilines is 1. The van der Waals surface area contributed by atoms with Crippen LogP contribution < -0.4 is 9.64 Å². The number of amides is 1. The number of sulfonamides is 1. The maximum Gasteiger partial charge on any atom is 0.243 e. The van der Waals surface area contributed by atoms with Gasteiger partial charge in [0.1, 0.15) is 5.75 Å². The Hall–Kier alpha value is -2.38. The predicted octanol–water partition coefficient (Wildman–Crippen LogP) is 4.00. The van der Waals surface area contributed by atoms with E-state index in [0.717, 1.165) is 46.5 Å². The lowest BCUT2D eigenvalue weighted by molar-refractivity contribution is -0.123. The molecule has 1 amide bonds. The second-order valence-corrected chi connectivity index (χ2v) is 10.9. The Bertz CT molecular complexity index is 1110. The molecule has 4 rings (SSSR count). The van der Waals surface area contributed by atoms with Crippen LogP contribution in [0.2, 0.25) is 0 Å². The van der Waals surface area contributed by atoms with Crippen LogP contribution in [0.25, 0.3) is 0 Å². The number of nitrogens with zero attached hydrogens (tertiary/aromatic N) is 2. The van der Waals surface area contributed by atoms with Crippen LogP contribution in [0.5, 0.6) is 5.75 Å². The summed E-state index contributed by atoms with van der Waals surface area (Å²) < 4.78 is 33.6. The minimum absolute atomic E-state index is 0.107. The summed E-state index contributed by atoms with van der Waals surface area (Å²) in [6.45, 7) is 7.13. The number of hydrogen-bond acceptors (Lipinski definition) is 4. The van der Waals surface area contributed by atoms with Crippen LogP contribution in [0.3, 0.4) is 0 Å². The lowest BCUT2D eigenvalue weighted by Crippen LogP contribution is -2.46. The topological polar surface area (TPSA) is 66.9 Å². The first kappa shape index (κ1) is 22.8. The van der Waals surface area contributed by atoms with E-state index < -0.39 is 10.0 Å². The van der Waals surface area contributed by atoms with Gasteiger partial charge in [0.25, 0.3) is 0 Å². The smallest absolute Gasteiger partial charge is 0.243 e. The largest absolute Gasteiger partial charge is 0.497 e. The van der Waals surface area contributed by atoms with Gasteiger partial charge in [-0.15, -0.1) is 0 Å². The average molecular weight is 457 g/mol. The minimum Gasteiger partial charge on any atom is -0.497 e. The second-order valence-electron chi connectivity index (χ2n) is 8.99. The standard InChI is InChI=1S/C25H32N2O4S/c1-17-14-18(2)24(19(3)15-17)32(29,30)26-12-9-20(10-13-26)25(28)27-11-5-6-21-16-22(31-4)7-8-23(21)27/h7-8,14-16,20H,5-6,9-13H2,1-4H3. The molecule has 0 unspecified atom stereocenters. The van der Waals surface area contributed by atoms with Gasteiger partial charge < -0.3 is 9.64 Å². The highest BCUT2D eigenvalue weighted by molar-refractivity contribution is 7.89. The number of fused-ring (bicyclic) bond motifs is 1. The average Bonchev–Trinajstić information content (AvgIpc) is 2.77. The van der Waals surface area contributed by atoms with E-state index in [-0.39, 0.29) is 11.8 Å². The predicted molar refractivity (Wildman–Crippen MR) is 126 cm³/mol. The third-order valence-electron chi connectivity index (χ3n) is 6.68. The van der Waals surface area contributed by atoms with E-state index >= 15 is 0 Å². The first-order valence-electron chi connectivity index (χ1n) is 11.3. The monoisotopic (exact) mass is 456 g/mol. The summed E-state index contributed by atoms with van der Waals surface area (Å²) in [5.41, 5.74) is 4.71. The number of benzene rings is 2. The Kier molecular flexibility index (Phi) is 6.32.